The number of rotatable bonds is 4. The maximum atomic E-state index is 11.9. The average Bonchev–Trinajstić information content (AvgIpc) is 2.41. The Labute approximate surface area is 117 Å². The Kier molecular flexibility index (Phi) is 4.78. The van der Waals surface area contributed by atoms with Gasteiger partial charge in [-0.1, -0.05) is 6.92 Å². The van der Waals surface area contributed by atoms with Crippen molar-refractivity contribution in [3.05, 3.63) is 27.8 Å². The summed E-state index contributed by atoms with van der Waals surface area (Å²) in [6, 6.07) is -0.0658. The maximum absolute atomic E-state index is 11.9. The predicted octanol–water partition coefficient (Wildman–Crippen LogP) is 4.03. The van der Waals surface area contributed by atoms with E-state index in [1.807, 2.05) is 20.9 Å². The molecular formula is C17H27NO. The molecule has 0 fully saturated rings. The van der Waals surface area contributed by atoms with E-state index in [4.69, 9.17) is 0 Å². The minimum absolute atomic E-state index is 0.0658. The van der Waals surface area contributed by atoms with Gasteiger partial charge in [-0.15, -0.1) is 0 Å². The van der Waals surface area contributed by atoms with E-state index < -0.39 is 0 Å². The molecule has 0 spiro atoms. The number of likely N-dealkylation sites (N-methyl/N-ethyl adjacent to an activating group) is 1. The van der Waals surface area contributed by atoms with Crippen molar-refractivity contribution in [1.29, 1.82) is 0 Å². The van der Waals surface area contributed by atoms with Crippen LogP contribution in [0.4, 0.5) is 5.69 Å². The topological polar surface area (TPSA) is 20.3 Å². The zero-order valence-electron chi connectivity index (χ0n) is 13.6. The Hall–Kier alpha value is -1.31. The van der Waals surface area contributed by atoms with Crippen molar-refractivity contribution in [1.82, 2.24) is 0 Å². The lowest BCUT2D eigenvalue weighted by atomic mass is 9.92. The molecule has 2 nitrogen and oxygen atoms in total. The van der Waals surface area contributed by atoms with Crippen LogP contribution in [-0.4, -0.2) is 18.9 Å². The van der Waals surface area contributed by atoms with Gasteiger partial charge in [-0.2, -0.15) is 0 Å². The van der Waals surface area contributed by atoms with Crippen LogP contribution in [0, 0.1) is 34.6 Å². The van der Waals surface area contributed by atoms with Gasteiger partial charge in [-0.3, -0.25) is 4.79 Å². The summed E-state index contributed by atoms with van der Waals surface area (Å²) in [5.41, 5.74) is 7.83. The molecule has 0 amide bonds. The maximum Gasteiger partial charge on any atom is 0.154 e. The highest BCUT2D eigenvalue weighted by molar-refractivity contribution is 5.87. The Morgan fingerprint density at radius 1 is 0.947 bits per heavy atom. The molecule has 0 aliphatic heterocycles. The van der Waals surface area contributed by atoms with Gasteiger partial charge < -0.3 is 4.90 Å². The molecule has 1 rings (SSSR count). The molecule has 0 N–H and O–H groups in total. The Morgan fingerprint density at radius 2 is 1.32 bits per heavy atom. The molecule has 0 aliphatic carbocycles. The number of carbonyl (C=O) groups is 1. The monoisotopic (exact) mass is 261 g/mol. The van der Waals surface area contributed by atoms with Crippen LogP contribution in [0.25, 0.3) is 0 Å². The number of hydrogen-bond donors (Lipinski definition) is 0. The molecule has 0 heterocycles. The summed E-state index contributed by atoms with van der Waals surface area (Å²) in [5.74, 6) is 0.289. The first-order chi connectivity index (χ1) is 8.73. The molecule has 19 heavy (non-hydrogen) atoms. The Morgan fingerprint density at radius 3 is 1.68 bits per heavy atom. The summed E-state index contributed by atoms with van der Waals surface area (Å²) in [6.07, 6.45) is 0.591. The normalized spacial score (nSPS) is 12.4. The van der Waals surface area contributed by atoms with E-state index in [1.54, 1.807) is 0 Å². The van der Waals surface area contributed by atoms with Gasteiger partial charge in [-0.25, -0.2) is 0 Å². The summed E-state index contributed by atoms with van der Waals surface area (Å²) in [5, 5.41) is 0. The smallest absolute Gasteiger partial charge is 0.154 e. The van der Waals surface area contributed by atoms with Crippen LogP contribution in [0.15, 0.2) is 0 Å². The number of benzene rings is 1. The average molecular weight is 261 g/mol. The number of Topliss-reactive ketones (excluding diaryl/α,β-unsaturated/α-hetero) is 1. The third-order valence-corrected chi connectivity index (χ3v) is 4.71. The summed E-state index contributed by atoms with van der Waals surface area (Å²) >= 11 is 0. The predicted molar refractivity (Wildman–Crippen MR) is 83.3 cm³/mol. The first kappa shape index (κ1) is 15.7. The Balaban J connectivity index is 3.39. The van der Waals surface area contributed by atoms with Crippen molar-refractivity contribution in [3.63, 3.8) is 0 Å². The van der Waals surface area contributed by atoms with Crippen molar-refractivity contribution in [2.45, 2.75) is 60.9 Å². The van der Waals surface area contributed by atoms with Gasteiger partial charge in [0.2, 0.25) is 0 Å². The molecule has 1 unspecified atom stereocenters. The molecule has 1 aromatic rings. The van der Waals surface area contributed by atoms with E-state index in [9.17, 15) is 4.79 Å². The second-order valence-corrected chi connectivity index (χ2v) is 5.58. The molecule has 106 valence electrons. The van der Waals surface area contributed by atoms with Crippen molar-refractivity contribution in [3.8, 4) is 0 Å². The largest absolute Gasteiger partial charge is 0.364 e. The lowest BCUT2D eigenvalue weighted by molar-refractivity contribution is -0.119. The van der Waals surface area contributed by atoms with E-state index >= 15 is 0 Å². The van der Waals surface area contributed by atoms with Gasteiger partial charge in [0.25, 0.3) is 0 Å². The third-order valence-electron chi connectivity index (χ3n) is 4.71. The van der Waals surface area contributed by atoms with Gasteiger partial charge >= 0.3 is 0 Å². The summed E-state index contributed by atoms with van der Waals surface area (Å²) in [6.45, 7) is 14.7. The van der Waals surface area contributed by atoms with Gasteiger partial charge in [0.05, 0.1) is 6.04 Å². The molecule has 0 saturated heterocycles. The van der Waals surface area contributed by atoms with Crippen molar-refractivity contribution in [2.75, 3.05) is 11.9 Å². The molecule has 0 saturated carbocycles. The van der Waals surface area contributed by atoms with Crippen LogP contribution < -0.4 is 4.90 Å². The highest BCUT2D eigenvalue weighted by Crippen LogP contribution is 2.33. The third kappa shape index (κ3) is 2.68. The van der Waals surface area contributed by atoms with Crippen LogP contribution in [0.2, 0.25) is 0 Å². The standard InChI is InChI=1S/C17H27NO/c1-9-16(19)15(7)18(8)17-13(5)11(3)10(2)12(4)14(17)6/h15H,9H2,1-8H3. The summed E-state index contributed by atoms with van der Waals surface area (Å²) in [7, 11) is 2.03. The fraction of sp³-hybridized carbons (Fsp3) is 0.588. The molecule has 0 radical (unpaired) electrons. The molecule has 0 bridgehead atoms. The fourth-order valence-electron chi connectivity index (χ4n) is 2.71. The number of nitrogens with zero attached hydrogens (tertiary/aromatic N) is 1. The molecule has 2 heteroatoms. The van der Waals surface area contributed by atoms with Crippen molar-refractivity contribution >= 4 is 11.5 Å². The summed E-state index contributed by atoms with van der Waals surface area (Å²) < 4.78 is 0. The zero-order valence-corrected chi connectivity index (χ0v) is 13.6. The summed E-state index contributed by atoms with van der Waals surface area (Å²) in [4.78, 5) is 14.1. The first-order valence-corrected chi connectivity index (χ1v) is 7.06. The lowest BCUT2D eigenvalue weighted by Gasteiger charge is -2.31. The van der Waals surface area contributed by atoms with Gasteiger partial charge in [0, 0.05) is 19.2 Å². The minimum Gasteiger partial charge on any atom is -0.364 e. The van der Waals surface area contributed by atoms with Crippen LogP contribution in [0.1, 0.15) is 48.1 Å². The zero-order chi connectivity index (χ0) is 14.9. The minimum atomic E-state index is -0.0658. The number of hydrogen-bond acceptors (Lipinski definition) is 2. The lowest BCUT2D eigenvalue weighted by Crippen LogP contribution is -2.36. The number of anilines is 1. The van der Waals surface area contributed by atoms with Crippen LogP contribution in [0.5, 0.6) is 0 Å². The quantitative estimate of drug-likeness (QED) is 0.815. The molecule has 1 aromatic carbocycles. The van der Waals surface area contributed by atoms with Crippen molar-refractivity contribution < 1.29 is 4.79 Å². The van der Waals surface area contributed by atoms with E-state index in [0.29, 0.717) is 6.42 Å². The molecular weight excluding hydrogens is 234 g/mol. The van der Waals surface area contributed by atoms with Crippen LogP contribution >= 0.6 is 0 Å². The highest BCUT2D eigenvalue weighted by Gasteiger charge is 2.22. The van der Waals surface area contributed by atoms with Crippen LogP contribution in [-0.2, 0) is 4.79 Å². The Bertz CT molecular complexity index is 473. The number of carbonyl (C=O) groups excluding carboxylic acids is 1. The van der Waals surface area contributed by atoms with Gasteiger partial charge in [0.1, 0.15) is 0 Å². The number of ketones is 1. The molecule has 0 aromatic heterocycles. The van der Waals surface area contributed by atoms with E-state index in [1.165, 1.54) is 33.5 Å². The first-order valence-electron chi connectivity index (χ1n) is 7.06. The second kappa shape index (κ2) is 5.77. The van der Waals surface area contributed by atoms with Crippen molar-refractivity contribution in [2.24, 2.45) is 0 Å². The fourth-order valence-corrected chi connectivity index (χ4v) is 2.71. The second-order valence-electron chi connectivity index (χ2n) is 5.58. The molecule has 1 atom stereocenters. The highest BCUT2D eigenvalue weighted by atomic mass is 16.1. The van der Waals surface area contributed by atoms with Gasteiger partial charge in [0.15, 0.2) is 5.78 Å². The molecule has 0 aliphatic rings. The van der Waals surface area contributed by atoms with Gasteiger partial charge in [-0.05, 0) is 69.4 Å². The van der Waals surface area contributed by atoms with E-state index in [-0.39, 0.29) is 11.8 Å². The van der Waals surface area contributed by atoms with E-state index in [2.05, 4.69) is 39.5 Å². The SMILES string of the molecule is CCC(=O)C(C)N(C)c1c(C)c(C)c(C)c(C)c1C. The van der Waals surface area contributed by atoms with E-state index in [0.717, 1.165) is 0 Å². The van der Waals surface area contributed by atoms with Crippen LogP contribution in [0.3, 0.4) is 0 Å².